The highest BCUT2D eigenvalue weighted by molar-refractivity contribution is 7.98. The highest BCUT2D eigenvalue weighted by Crippen LogP contribution is 2.20. The Labute approximate surface area is 116 Å². The van der Waals surface area contributed by atoms with Gasteiger partial charge in [-0.15, -0.1) is 0 Å². The van der Waals surface area contributed by atoms with Gasteiger partial charge in [-0.25, -0.2) is 0 Å². The van der Waals surface area contributed by atoms with Gasteiger partial charge in [0.1, 0.15) is 5.75 Å². The Hall–Kier alpha value is -0.670. The molecule has 0 amide bonds. The lowest BCUT2D eigenvalue weighted by Crippen LogP contribution is -2.24. The van der Waals surface area contributed by atoms with E-state index in [2.05, 4.69) is 49.7 Å². The molecule has 0 saturated heterocycles. The second kappa shape index (κ2) is 9.29. The van der Waals surface area contributed by atoms with E-state index in [1.165, 1.54) is 12.0 Å². The van der Waals surface area contributed by atoms with Gasteiger partial charge in [-0.05, 0) is 43.3 Å². The first kappa shape index (κ1) is 15.4. The molecule has 102 valence electrons. The fraction of sp³-hybridized carbons (Fsp3) is 0.600. The molecule has 0 aliphatic rings. The van der Waals surface area contributed by atoms with Gasteiger partial charge in [-0.2, -0.15) is 11.8 Å². The Kier molecular flexibility index (Phi) is 7.94. The van der Waals surface area contributed by atoms with Crippen LogP contribution < -0.4 is 10.1 Å². The maximum Gasteiger partial charge on any atom is 0.119 e. The van der Waals surface area contributed by atoms with Crippen molar-refractivity contribution >= 4 is 11.8 Å². The minimum atomic E-state index is 0.445. The molecule has 2 nitrogen and oxygen atoms in total. The van der Waals surface area contributed by atoms with Gasteiger partial charge in [0.15, 0.2) is 0 Å². The Bertz CT molecular complexity index is 313. The lowest BCUT2D eigenvalue weighted by atomic mass is 10.1. The summed E-state index contributed by atoms with van der Waals surface area (Å²) in [5.74, 6) is 2.08. The Morgan fingerprint density at radius 3 is 2.44 bits per heavy atom. The van der Waals surface area contributed by atoms with Gasteiger partial charge in [0.2, 0.25) is 0 Å². The molecule has 0 aliphatic heterocycles. The van der Waals surface area contributed by atoms with Crippen molar-refractivity contribution in [3.8, 4) is 5.75 Å². The van der Waals surface area contributed by atoms with Gasteiger partial charge in [0.25, 0.3) is 0 Å². The fourth-order valence-electron chi connectivity index (χ4n) is 1.77. The van der Waals surface area contributed by atoms with E-state index in [4.69, 9.17) is 4.74 Å². The molecule has 0 aliphatic carbocycles. The molecule has 1 N–H and O–H groups in total. The van der Waals surface area contributed by atoms with E-state index >= 15 is 0 Å². The number of rotatable bonds is 9. The summed E-state index contributed by atoms with van der Waals surface area (Å²) < 4.78 is 5.61. The van der Waals surface area contributed by atoms with E-state index in [0.717, 1.165) is 31.1 Å². The number of nitrogens with one attached hydrogen (secondary N) is 1. The summed E-state index contributed by atoms with van der Waals surface area (Å²) in [4.78, 5) is 0. The first-order valence-electron chi connectivity index (χ1n) is 6.76. The predicted molar refractivity (Wildman–Crippen MR) is 81.6 cm³/mol. The summed E-state index contributed by atoms with van der Waals surface area (Å²) >= 11 is 1.88. The SMILES string of the molecule is CCCNC(CSC)c1ccc(OCCC)cc1. The molecule has 0 spiro atoms. The standard InChI is InChI=1S/C15H25NOS/c1-4-10-16-15(12-18-3)13-6-8-14(9-7-13)17-11-5-2/h6-9,15-16H,4-5,10-12H2,1-3H3. The highest BCUT2D eigenvalue weighted by atomic mass is 32.2. The second-order valence-electron chi connectivity index (χ2n) is 4.38. The third-order valence-corrected chi connectivity index (χ3v) is 3.40. The molecule has 0 radical (unpaired) electrons. The fourth-order valence-corrected chi connectivity index (χ4v) is 2.42. The molecule has 0 bridgehead atoms. The van der Waals surface area contributed by atoms with Crippen LogP contribution in [0.3, 0.4) is 0 Å². The number of hydrogen-bond donors (Lipinski definition) is 1. The largest absolute Gasteiger partial charge is 0.494 e. The molecule has 3 heteroatoms. The molecule has 18 heavy (non-hydrogen) atoms. The topological polar surface area (TPSA) is 21.3 Å². The van der Waals surface area contributed by atoms with Crippen molar-refractivity contribution in [1.29, 1.82) is 0 Å². The van der Waals surface area contributed by atoms with Crippen LogP contribution >= 0.6 is 11.8 Å². The van der Waals surface area contributed by atoms with Crippen molar-refractivity contribution in [1.82, 2.24) is 5.32 Å². The van der Waals surface area contributed by atoms with Crippen molar-refractivity contribution in [2.75, 3.05) is 25.2 Å². The highest BCUT2D eigenvalue weighted by Gasteiger charge is 2.09. The minimum Gasteiger partial charge on any atom is -0.494 e. The zero-order valence-electron chi connectivity index (χ0n) is 11.7. The summed E-state index contributed by atoms with van der Waals surface area (Å²) in [6, 6.07) is 8.95. The van der Waals surface area contributed by atoms with Crippen molar-refractivity contribution in [2.45, 2.75) is 32.7 Å². The lowest BCUT2D eigenvalue weighted by Gasteiger charge is -2.18. The first-order valence-corrected chi connectivity index (χ1v) is 8.16. The van der Waals surface area contributed by atoms with Crippen LogP contribution in [-0.4, -0.2) is 25.2 Å². The molecule has 1 rings (SSSR count). The summed E-state index contributed by atoms with van der Waals surface area (Å²) in [6.07, 6.45) is 4.37. The molecule has 1 aromatic rings. The number of hydrogen-bond acceptors (Lipinski definition) is 3. The van der Waals surface area contributed by atoms with E-state index in [1.54, 1.807) is 0 Å². The minimum absolute atomic E-state index is 0.445. The first-order chi connectivity index (χ1) is 8.81. The van der Waals surface area contributed by atoms with Gasteiger partial charge in [0.05, 0.1) is 6.61 Å². The van der Waals surface area contributed by atoms with E-state index in [1.807, 2.05) is 11.8 Å². The number of benzene rings is 1. The summed E-state index contributed by atoms with van der Waals surface area (Å²) in [5, 5.41) is 3.59. The smallest absolute Gasteiger partial charge is 0.119 e. The summed E-state index contributed by atoms with van der Waals surface area (Å²) in [5.41, 5.74) is 1.35. The van der Waals surface area contributed by atoms with Crippen LogP contribution in [0.1, 0.15) is 38.3 Å². The molecule has 0 fully saturated rings. The third kappa shape index (κ3) is 5.32. The van der Waals surface area contributed by atoms with Gasteiger partial charge in [0, 0.05) is 11.8 Å². The van der Waals surface area contributed by atoms with E-state index in [-0.39, 0.29) is 0 Å². The normalized spacial score (nSPS) is 12.4. The number of ether oxygens (including phenoxy) is 1. The van der Waals surface area contributed by atoms with Gasteiger partial charge in [-0.1, -0.05) is 26.0 Å². The van der Waals surface area contributed by atoms with E-state index in [0.29, 0.717) is 6.04 Å². The zero-order valence-corrected chi connectivity index (χ0v) is 12.6. The Morgan fingerprint density at radius 1 is 1.17 bits per heavy atom. The Balaban J connectivity index is 2.61. The molecular weight excluding hydrogens is 242 g/mol. The zero-order chi connectivity index (χ0) is 13.2. The average Bonchev–Trinajstić information content (AvgIpc) is 2.42. The monoisotopic (exact) mass is 267 g/mol. The lowest BCUT2D eigenvalue weighted by molar-refractivity contribution is 0.317. The average molecular weight is 267 g/mol. The van der Waals surface area contributed by atoms with Gasteiger partial charge < -0.3 is 10.1 Å². The van der Waals surface area contributed by atoms with Gasteiger partial charge >= 0.3 is 0 Å². The van der Waals surface area contributed by atoms with Crippen LogP contribution in [0.15, 0.2) is 24.3 Å². The summed E-state index contributed by atoms with van der Waals surface area (Å²) in [6.45, 7) is 6.18. The van der Waals surface area contributed by atoms with Crippen molar-refractivity contribution in [3.63, 3.8) is 0 Å². The maximum absolute atomic E-state index is 5.61. The van der Waals surface area contributed by atoms with Crippen LogP contribution in [0.25, 0.3) is 0 Å². The molecule has 0 aromatic heterocycles. The molecule has 1 unspecified atom stereocenters. The second-order valence-corrected chi connectivity index (χ2v) is 5.29. The quantitative estimate of drug-likeness (QED) is 0.733. The molecule has 0 saturated carbocycles. The van der Waals surface area contributed by atoms with Crippen LogP contribution in [-0.2, 0) is 0 Å². The van der Waals surface area contributed by atoms with E-state index < -0.39 is 0 Å². The van der Waals surface area contributed by atoms with Crippen LogP contribution in [0.2, 0.25) is 0 Å². The number of thioether (sulfide) groups is 1. The van der Waals surface area contributed by atoms with Gasteiger partial charge in [-0.3, -0.25) is 0 Å². The molecule has 1 aromatic carbocycles. The third-order valence-electron chi connectivity index (χ3n) is 2.73. The molecule has 1 atom stereocenters. The van der Waals surface area contributed by atoms with Crippen LogP contribution in [0, 0.1) is 0 Å². The molecule has 0 heterocycles. The van der Waals surface area contributed by atoms with Crippen LogP contribution in [0.4, 0.5) is 0 Å². The van der Waals surface area contributed by atoms with Crippen molar-refractivity contribution in [3.05, 3.63) is 29.8 Å². The van der Waals surface area contributed by atoms with Crippen LogP contribution in [0.5, 0.6) is 5.75 Å². The van der Waals surface area contributed by atoms with Crippen molar-refractivity contribution < 1.29 is 4.74 Å². The van der Waals surface area contributed by atoms with E-state index in [9.17, 15) is 0 Å². The Morgan fingerprint density at radius 2 is 1.89 bits per heavy atom. The van der Waals surface area contributed by atoms with Crippen molar-refractivity contribution in [2.24, 2.45) is 0 Å². The predicted octanol–water partition coefficient (Wildman–Crippen LogP) is 3.88. The molecular formula is C15H25NOS. The summed E-state index contributed by atoms with van der Waals surface area (Å²) in [7, 11) is 0. The maximum atomic E-state index is 5.61.